The third-order valence-corrected chi connectivity index (χ3v) is 6.93. The van der Waals surface area contributed by atoms with E-state index in [-0.39, 0.29) is 23.6 Å². The van der Waals surface area contributed by atoms with E-state index in [4.69, 9.17) is 4.52 Å². The molecule has 3 heterocycles. The molecule has 2 aliphatic rings. The van der Waals surface area contributed by atoms with Crippen LogP contribution in [-0.4, -0.2) is 55.0 Å². The van der Waals surface area contributed by atoms with Gasteiger partial charge in [0, 0.05) is 18.0 Å². The second kappa shape index (κ2) is 7.86. The van der Waals surface area contributed by atoms with Crippen LogP contribution in [0.2, 0.25) is 0 Å². The summed E-state index contributed by atoms with van der Waals surface area (Å²) in [5.74, 6) is 1.30. The first-order valence-electron chi connectivity index (χ1n) is 9.13. The fraction of sp³-hybridized carbons (Fsp3) is 0.765. The number of rotatable bonds is 6. The van der Waals surface area contributed by atoms with Crippen molar-refractivity contribution >= 4 is 15.7 Å². The van der Waals surface area contributed by atoms with Gasteiger partial charge in [0.15, 0.2) is 15.6 Å². The molecule has 1 atom stereocenters. The second-order valence-electron chi connectivity index (χ2n) is 7.12. The molecule has 0 spiro atoms. The first kappa shape index (κ1) is 18.4. The number of hydrogen-bond acceptors (Lipinski definition) is 6. The maximum atomic E-state index is 12.3. The number of amides is 1. The van der Waals surface area contributed by atoms with Gasteiger partial charge < -0.3 is 9.84 Å². The quantitative estimate of drug-likeness (QED) is 0.808. The number of nitrogens with one attached hydrogen (secondary N) is 1. The topological polar surface area (TPSA) is 92.5 Å². The number of sulfone groups is 1. The molecular formula is C17H27N3O4S. The summed E-state index contributed by atoms with van der Waals surface area (Å²) in [5.41, 5.74) is 0.923. The van der Waals surface area contributed by atoms with E-state index < -0.39 is 9.84 Å². The fourth-order valence-electron chi connectivity index (χ4n) is 3.72. The molecule has 0 aromatic carbocycles. The Kier molecular flexibility index (Phi) is 5.78. The number of carbonyl (C=O) groups excluding carboxylic acids is 1. The lowest BCUT2D eigenvalue weighted by molar-refractivity contribution is -0.126. The molecule has 0 radical (unpaired) electrons. The molecule has 25 heavy (non-hydrogen) atoms. The van der Waals surface area contributed by atoms with Gasteiger partial charge in [0.05, 0.1) is 23.7 Å². The van der Waals surface area contributed by atoms with Crippen LogP contribution in [-0.2, 0) is 27.6 Å². The van der Waals surface area contributed by atoms with Gasteiger partial charge in [0.2, 0.25) is 5.91 Å². The predicted molar refractivity (Wildman–Crippen MR) is 93.7 cm³/mol. The highest BCUT2D eigenvalue weighted by Crippen LogP contribution is 2.24. The van der Waals surface area contributed by atoms with Gasteiger partial charge >= 0.3 is 0 Å². The molecule has 3 rings (SSSR count). The van der Waals surface area contributed by atoms with E-state index in [1.54, 1.807) is 0 Å². The minimum atomic E-state index is -2.85. The van der Waals surface area contributed by atoms with Crippen LogP contribution in [0.1, 0.15) is 44.1 Å². The van der Waals surface area contributed by atoms with Gasteiger partial charge in [0.1, 0.15) is 0 Å². The Morgan fingerprint density at radius 1 is 1.36 bits per heavy atom. The number of carbonyl (C=O) groups is 1. The Balaban J connectivity index is 1.42. The summed E-state index contributed by atoms with van der Waals surface area (Å²) in [5, 5.41) is 6.91. The minimum Gasteiger partial charge on any atom is -0.359 e. The fourth-order valence-corrected chi connectivity index (χ4v) is 5.48. The van der Waals surface area contributed by atoms with E-state index in [9.17, 15) is 13.2 Å². The van der Waals surface area contributed by atoms with Gasteiger partial charge in [-0.15, -0.1) is 0 Å². The number of aryl methyl sites for hydroxylation is 1. The largest absolute Gasteiger partial charge is 0.359 e. The summed E-state index contributed by atoms with van der Waals surface area (Å²) in [6.45, 7) is 4.04. The molecule has 0 saturated carbocycles. The van der Waals surface area contributed by atoms with E-state index in [2.05, 4.69) is 22.3 Å². The summed E-state index contributed by atoms with van der Waals surface area (Å²) in [4.78, 5) is 14.6. The van der Waals surface area contributed by atoms with Crippen molar-refractivity contribution in [1.82, 2.24) is 15.4 Å². The van der Waals surface area contributed by atoms with Gasteiger partial charge in [0.25, 0.3) is 0 Å². The van der Waals surface area contributed by atoms with Gasteiger partial charge in [-0.3, -0.25) is 9.69 Å². The Labute approximate surface area is 149 Å². The standard InChI is InChI=1S/C17H27N3O4S/c1-2-3-14-10-16(24-19-14)11-18-17(21)13-4-7-20(8-5-13)15-6-9-25(22,23)12-15/h10,13,15H,2-9,11-12H2,1H3,(H,18,21)/t15-/m1/s1. The minimum absolute atomic E-state index is 0.00714. The molecule has 7 nitrogen and oxygen atoms in total. The molecular weight excluding hydrogens is 342 g/mol. The molecule has 2 fully saturated rings. The molecule has 8 heteroatoms. The highest BCUT2D eigenvalue weighted by Gasteiger charge is 2.35. The Morgan fingerprint density at radius 2 is 2.12 bits per heavy atom. The summed E-state index contributed by atoms with van der Waals surface area (Å²) in [6.07, 6.45) is 4.18. The number of hydrogen-bond donors (Lipinski definition) is 1. The molecule has 1 amide bonds. The zero-order valence-corrected chi connectivity index (χ0v) is 15.6. The van der Waals surface area contributed by atoms with Crippen LogP contribution in [0, 0.1) is 5.92 Å². The second-order valence-corrected chi connectivity index (χ2v) is 9.35. The highest BCUT2D eigenvalue weighted by atomic mass is 32.2. The number of likely N-dealkylation sites (tertiary alicyclic amines) is 1. The van der Waals surface area contributed by atoms with Gasteiger partial charge in [-0.25, -0.2) is 8.42 Å². The predicted octanol–water partition coefficient (Wildman–Crippen LogP) is 1.14. The van der Waals surface area contributed by atoms with Crippen molar-refractivity contribution in [3.05, 3.63) is 17.5 Å². The molecule has 1 N–H and O–H groups in total. The van der Waals surface area contributed by atoms with Crippen LogP contribution in [0.25, 0.3) is 0 Å². The van der Waals surface area contributed by atoms with Crippen molar-refractivity contribution in [3.63, 3.8) is 0 Å². The van der Waals surface area contributed by atoms with Crippen molar-refractivity contribution in [2.24, 2.45) is 5.92 Å². The number of aromatic nitrogens is 1. The van der Waals surface area contributed by atoms with E-state index in [1.807, 2.05) is 6.07 Å². The monoisotopic (exact) mass is 369 g/mol. The zero-order chi connectivity index (χ0) is 17.9. The number of nitrogens with zero attached hydrogens (tertiary/aromatic N) is 2. The molecule has 0 bridgehead atoms. The van der Waals surface area contributed by atoms with E-state index in [1.165, 1.54) is 0 Å². The number of piperidine rings is 1. The van der Waals surface area contributed by atoms with E-state index in [0.29, 0.717) is 18.1 Å². The lowest BCUT2D eigenvalue weighted by Crippen LogP contribution is -2.45. The smallest absolute Gasteiger partial charge is 0.223 e. The third-order valence-electron chi connectivity index (χ3n) is 5.18. The molecule has 2 saturated heterocycles. The van der Waals surface area contributed by atoms with Crippen LogP contribution >= 0.6 is 0 Å². The van der Waals surface area contributed by atoms with Crippen molar-refractivity contribution in [3.8, 4) is 0 Å². The van der Waals surface area contributed by atoms with Gasteiger partial charge in [-0.2, -0.15) is 0 Å². The van der Waals surface area contributed by atoms with Gasteiger partial charge in [-0.1, -0.05) is 18.5 Å². The molecule has 1 aromatic rings. The Morgan fingerprint density at radius 3 is 2.76 bits per heavy atom. The van der Waals surface area contributed by atoms with Crippen LogP contribution in [0.3, 0.4) is 0 Å². The lowest BCUT2D eigenvalue weighted by atomic mass is 9.94. The average Bonchev–Trinajstić information content (AvgIpc) is 3.19. The van der Waals surface area contributed by atoms with Gasteiger partial charge in [-0.05, 0) is 38.8 Å². The summed E-state index contributed by atoms with van der Waals surface area (Å²) in [7, 11) is -2.85. The van der Waals surface area contributed by atoms with Crippen LogP contribution < -0.4 is 5.32 Å². The van der Waals surface area contributed by atoms with E-state index in [0.717, 1.165) is 50.9 Å². The molecule has 0 unspecified atom stereocenters. The molecule has 1 aromatic heterocycles. The Bertz CT molecular complexity index is 693. The summed E-state index contributed by atoms with van der Waals surface area (Å²) >= 11 is 0. The summed E-state index contributed by atoms with van der Waals surface area (Å²) < 4.78 is 28.5. The maximum absolute atomic E-state index is 12.3. The molecule has 0 aliphatic carbocycles. The first-order valence-corrected chi connectivity index (χ1v) is 11.0. The normalized spacial score (nSPS) is 24.4. The average molecular weight is 369 g/mol. The van der Waals surface area contributed by atoms with Crippen molar-refractivity contribution < 1.29 is 17.7 Å². The van der Waals surface area contributed by atoms with Crippen LogP contribution in [0.4, 0.5) is 0 Å². The first-order chi connectivity index (χ1) is 12.0. The lowest BCUT2D eigenvalue weighted by Gasteiger charge is -2.34. The SMILES string of the molecule is CCCc1cc(CNC(=O)C2CCN([C@@H]3CCS(=O)(=O)C3)CC2)on1. The maximum Gasteiger partial charge on any atom is 0.223 e. The summed E-state index contributed by atoms with van der Waals surface area (Å²) in [6, 6.07) is 2.03. The Hall–Kier alpha value is -1.41. The van der Waals surface area contributed by atoms with E-state index >= 15 is 0 Å². The third kappa shape index (κ3) is 4.82. The van der Waals surface area contributed by atoms with Crippen molar-refractivity contribution in [2.45, 2.75) is 51.6 Å². The van der Waals surface area contributed by atoms with Crippen molar-refractivity contribution in [2.75, 3.05) is 24.6 Å². The van der Waals surface area contributed by atoms with Crippen LogP contribution in [0.15, 0.2) is 10.6 Å². The molecule has 2 aliphatic heterocycles. The van der Waals surface area contributed by atoms with Crippen molar-refractivity contribution in [1.29, 1.82) is 0 Å². The highest BCUT2D eigenvalue weighted by molar-refractivity contribution is 7.91. The molecule has 140 valence electrons. The van der Waals surface area contributed by atoms with Crippen LogP contribution in [0.5, 0.6) is 0 Å². The zero-order valence-electron chi connectivity index (χ0n) is 14.7.